The number of aliphatic hydroxyl groups is 3. The minimum atomic E-state index is -0.533. The quantitative estimate of drug-likeness (QED) is 0.0608. The van der Waals surface area contributed by atoms with Crippen LogP contribution in [0.1, 0.15) is 56.7 Å². The minimum absolute atomic E-state index is 0. The Labute approximate surface area is 300 Å². The Morgan fingerprint density at radius 2 is 1.08 bits per heavy atom. The molecule has 9 N–H and O–H groups in total. The highest BCUT2D eigenvalue weighted by atomic mass is 35.5. The summed E-state index contributed by atoms with van der Waals surface area (Å²) in [7, 11) is 0. The van der Waals surface area contributed by atoms with Gasteiger partial charge in [-0.1, -0.05) is 0 Å². The zero-order valence-electron chi connectivity index (χ0n) is 28.9. The van der Waals surface area contributed by atoms with Gasteiger partial charge in [-0.3, -0.25) is 20.2 Å². The van der Waals surface area contributed by atoms with Gasteiger partial charge < -0.3 is 37.4 Å². The van der Waals surface area contributed by atoms with Crippen LogP contribution in [0.3, 0.4) is 0 Å². The highest BCUT2D eigenvalue weighted by Crippen LogP contribution is 2.21. The lowest BCUT2D eigenvalue weighted by atomic mass is 10.2. The van der Waals surface area contributed by atoms with Gasteiger partial charge in [-0.05, 0) is 115 Å². The van der Waals surface area contributed by atoms with Crippen molar-refractivity contribution < 1.29 is 29.6 Å². The second kappa shape index (κ2) is 27.1. The number of anilines is 3. The summed E-state index contributed by atoms with van der Waals surface area (Å²) in [6.45, 7) is 12.4. The second-order valence-corrected chi connectivity index (χ2v) is 11.1. The number of benzene rings is 3. The maximum atomic E-state index is 12.4. The molecule has 0 heterocycles. The summed E-state index contributed by atoms with van der Waals surface area (Å²) in [5, 5.41) is 53.7. The van der Waals surface area contributed by atoms with E-state index < -0.39 is 15.7 Å². The molecule has 3 unspecified atom stereocenters. The first kappa shape index (κ1) is 49.6. The molecule has 49 heavy (non-hydrogen) atoms. The third-order valence-electron chi connectivity index (χ3n) is 6.39. The fraction of sp³-hybridized carbons (Fsp3) is 0.455. The predicted molar refractivity (Wildman–Crippen MR) is 201 cm³/mol. The van der Waals surface area contributed by atoms with Crippen molar-refractivity contribution >= 4 is 53.3 Å². The third-order valence-corrected chi connectivity index (χ3v) is 6.39. The Morgan fingerprint density at radius 3 is 1.41 bits per heavy atom. The fourth-order valence-electron chi connectivity index (χ4n) is 3.67. The van der Waals surface area contributed by atoms with E-state index in [0.29, 0.717) is 37.1 Å². The number of nitrogen functional groups attached to an aromatic ring is 1. The van der Waals surface area contributed by atoms with E-state index in [4.69, 9.17) is 26.8 Å². The second-order valence-electron chi connectivity index (χ2n) is 11.1. The average Bonchev–Trinajstić information content (AvgIpc) is 2.95. The van der Waals surface area contributed by atoms with Gasteiger partial charge in [0.15, 0.2) is 0 Å². The van der Waals surface area contributed by atoms with Crippen LogP contribution in [0, 0.1) is 46.8 Å². The molecule has 0 spiro atoms. The van der Waals surface area contributed by atoms with Crippen LogP contribution in [0.15, 0.2) is 54.6 Å². The molecule has 3 rings (SSSR count). The molecule has 0 amide bonds. The van der Waals surface area contributed by atoms with Crippen molar-refractivity contribution in [2.75, 3.05) is 36.0 Å². The summed E-state index contributed by atoms with van der Waals surface area (Å²) in [6.07, 6.45) is 1.29. The Hall–Kier alpha value is -3.79. The van der Waals surface area contributed by atoms with E-state index in [1.54, 1.807) is 39.8 Å². The van der Waals surface area contributed by atoms with Gasteiger partial charge in [-0.2, -0.15) is 0 Å². The smallest absolute Gasteiger partial charge is 0.272 e. The van der Waals surface area contributed by atoms with Gasteiger partial charge in [-0.25, -0.2) is 4.39 Å². The topological polar surface area (TPSA) is 223 Å². The molecule has 3 aromatic rings. The molecule has 0 aliphatic carbocycles. The number of aryl methyl sites for hydroxylation is 3. The number of nitro groups is 2. The summed E-state index contributed by atoms with van der Waals surface area (Å²) < 4.78 is 12.4. The van der Waals surface area contributed by atoms with Crippen molar-refractivity contribution in [2.24, 2.45) is 5.73 Å². The number of nitrogens with two attached hydrogens (primary N) is 2. The van der Waals surface area contributed by atoms with Crippen molar-refractivity contribution in [3.8, 4) is 0 Å². The standard InChI is InChI=1S/C11H16N2O3.C11H18N2O.C7H6FNO2.C4H11NO.2ClH/c1-8-7-10(12-6-5-9(2)14)3-4-11(8)13(15)16;1-8-7-10(3-4-11(8)12)13-6-5-9(2)14;1-5-4-6(8)2-3-7(5)9(10)11;1-4(6)2-3-5;;/h3-4,7,9,12,14H,5-6H2,1-2H3;3-4,7,9,13-14H,5-6,12H2,1-2H3;2-4H,1H3;4,6H,2-3,5H2,1H3;2*1H. The Bertz CT molecular complexity index is 1390. The first-order chi connectivity index (χ1) is 22.0. The zero-order chi connectivity index (χ0) is 36.1. The van der Waals surface area contributed by atoms with E-state index in [-0.39, 0.29) is 54.5 Å². The molecule has 0 bridgehead atoms. The van der Waals surface area contributed by atoms with Crippen LogP contribution >= 0.6 is 24.8 Å². The number of nitrogens with one attached hydrogen (secondary N) is 2. The first-order valence-corrected chi connectivity index (χ1v) is 15.2. The highest BCUT2D eigenvalue weighted by Gasteiger charge is 2.10. The van der Waals surface area contributed by atoms with Gasteiger partial charge in [0, 0.05) is 53.4 Å². The van der Waals surface area contributed by atoms with Crippen LogP contribution in [-0.2, 0) is 0 Å². The maximum Gasteiger partial charge on any atom is 0.272 e. The average molecular weight is 736 g/mol. The normalized spacial score (nSPS) is 11.5. The maximum absolute atomic E-state index is 12.4. The van der Waals surface area contributed by atoms with Gasteiger partial charge in [0.05, 0.1) is 28.2 Å². The Balaban J connectivity index is -0.000000594. The number of rotatable bonds is 12. The molecular formula is C33H53Cl2FN6O7. The van der Waals surface area contributed by atoms with Crippen molar-refractivity contribution in [3.05, 3.63) is 97.3 Å². The molecule has 3 aromatic carbocycles. The van der Waals surface area contributed by atoms with E-state index in [1.807, 2.05) is 25.1 Å². The van der Waals surface area contributed by atoms with Crippen molar-refractivity contribution in [2.45, 2.75) is 79.1 Å². The van der Waals surface area contributed by atoms with Crippen LogP contribution < -0.4 is 22.1 Å². The lowest BCUT2D eigenvalue weighted by molar-refractivity contribution is -0.385. The summed E-state index contributed by atoms with van der Waals surface area (Å²) >= 11 is 0. The van der Waals surface area contributed by atoms with Gasteiger partial charge >= 0.3 is 0 Å². The molecule has 0 saturated carbocycles. The van der Waals surface area contributed by atoms with Crippen LogP contribution in [0.5, 0.6) is 0 Å². The van der Waals surface area contributed by atoms with E-state index in [0.717, 1.165) is 53.8 Å². The van der Waals surface area contributed by atoms with Crippen molar-refractivity contribution in [1.82, 2.24) is 0 Å². The van der Waals surface area contributed by atoms with Crippen LogP contribution in [0.4, 0.5) is 32.8 Å². The minimum Gasteiger partial charge on any atom is -0.399 e. The van der Waals surface area contributed by atoms with E-state index in [1.165, 1.54) is 13.0 Å². The van der Waals surface area contributed by atoms with Crippen LogP contribution in [0.2, 0.25) is 0 Å². The Morgan fingerprint density at radius 1 is 0.694 bits per heavy atom. The van der Waals surface area contributed by atoms with Crippen molar-refractivity contribution in [1.29, 1.82) is 0 Å². The molecule has 0 aliphatic rings. The number of hydrogen-bond donors (Lipinski definition) is 7. The van der Waals surface area contributed by atoms with E-state index >= 15 is 0 Å². The monoisotopic (exact) mass is 734 g/mol. The van der Waals surface area contributed by atoms with E-state index in [9.17, 15) is 24.6 Å². The summed E-state index contributed by atoms with van der Waals surface area (Å²) in [4.78, 5) is 19.9. The van der Waals surface area contributed by atoms with Gasteiger partial charge in [0.25, 0.3) is 11.4 Å². The molecule has 0 aliphatic heterocycles. The SMILES string of the molecule is CC(O)CCN.Cc1cc(F)ccc1[N+](=O)[O-].Cc1cc(NCCC(C)O)ccc1N.Cc1cc(NCCC(C)O)ccc1[N+](=O)[O-].Cl.Cl. The third kappa shape index (κ3) is 23.2. The van der Waals surface area contributed by atoms with Crippen molar-refractivity contribution in [3.63, 3.8) is 0 Å². The van der Waals surface area contributed by atoms with Gasteiger partial charge in [0.2, 0.25) is 0 Å². The van der Waals surface area contributed by atoms with Gasteiger partial charge in [-0.15, -0.1) is 24.8 Å². The molecule has 13 nitrogen and oxygen atoms in total. The Kier molecular flexibility index (Phi) is 27.4. The zero-order valence-corrected chi connectivity index (χ0v) is 30.5. The fourth-order valence-corrected chi connectivity index (χ4v) is 3.67. The number of hydrogen-bond acceptors (Lipinski definition) is 11. The molecule has 16 heteroatoms. The summed E-state index contributed by atoms with van der Waals surface area (Å²) in [5.41, 5.74) is 15.6. The summed E-state index contributed by atoms with van der Waals surface area (Å²) in [6, 6.07) is 14.1. The molecule has 278 valence electrons. The molecule has 0 radical (unpaired) electrons. The molecule has 3 atom stereocenters. The van der Waals surface area contributed by atoms with Crippen LogP contribution in [0.25, 0.3) is 0 Å². The predicted octanol–water partition coefficient (Wildman–Crippen LogP) is 6.45. The van der Waals surface area contributed by atoms with Crippen LogP contribution in [-0.4, -0.2) is 63.1 Å². The molecule has 0 aromatic heterocycles. The lowest BCUT2D eigenvalue weighted by Gasteiger charge is -2.09. The largest absolute Gasteiger partial charge is 0.399 e. The first-order valence-electron chi connectivity index (χ1n) is 15.2. The number of halogens is 3. The molecular weight excluding hydrogens is 682 g/mol. The van der Waals surface area contributed by atoms with Gasteiger partial charge in [0.1, 0.15) is 5.82 Å². The number of aliphatic hydroxyl groups excluding tert-OH is 3. The molecule has 0 fully saturated rings. The number of nitro benzene ring substituents is 2. The summed E-state index contributed by atoms with van der Waals surface area (Å²) in [5.74, 6) is -0.451. The lowest BCUT2D eigenvalue weighted by Crippen LogP contribution is -2.09. The number of nitrogens with zero attached hydrogens (tertiary/aromatic N) is 2. The molecule has 0 saturated heterocycles. The highest BCUT2D eigenvalue weighted by molar-refractivity contribution is 5.85. The van der Waals surface area contributed by atoms with E-state index in [2.05, 4.69) is 10.6 Å².